The monoisotopic (exact) mass is 253 g/mol. The number of aliphatic hydroxyl groups is 1. The van der Waals surface area contributed by atoms with Crippen LogP contribution in [0.15, 0.2) is 24.3 Å². The van der Waals surface area contributed by atoms with Crippen LogP contribution >= 0.6 is 0 Å². The molecule has 0 saturated carbocycles. The Bertz CT molecular complexity index is 373. The largest absolute Gasteiger partial charge is 0.393 e. The molecule has 1 aromatic rings. The van der Waals surface area contributed by atoms with E-state index in [0.29, 0.717) is 18.5 Å². The third kappa shape index (κ3) is 4.75. The predicted molar refractivity (Wildman–Crippen MR) is 72.8 cm³/mol. The van der Waals surface area contributed by atoms with Gasteiger partial charge in [-0.1, -0.05) is 39.0 Å². The van der Waals surface area contributed by atoms with E-state index in [4.69, 9.17) is 0 Å². The Labute approximate surface area is 109 Å². The second-order valence-electron chi connectivity index (χ2n) is 6.00. The number of nitrogens with zero attached hydrogens (tertiary/aromatic N) is 1. The van der Waals surface area contributed by atoms with E-state index in [2.05, 4.69) is 0 Å². The molecule has 0 saturated heterocycles. The van der Waals surface area contributed by atoms with E-state index in [-0.39, 0.29) is 17.3 Å². The van der Waals surface area contributed by atoms with E-state index >= 15 is 0 Å². The molecule has 1 atom stereocenters. The van der Waals surface area contributed by atoms with Crippen LogP contribution < -0.4 is 0 Å². The summed E-state index contributed by atoms with van der Waals surface area (Å²) in [5, 5.41) is 9.95. The molecule has 0 aliphatic rings. The molecule has 0 heterocycles. The molecule has 0 bridgehead atoms. The first-order valence-electron chi connectivity index (χ1n) is 6.40. The first-order chi connectivity index (χ1) is 8.30. The molecule has 1 aromatic carbocycles. The molecular formula is C15H24FNO. The zero-order valence-electron chi connectivity index (χ0n) is 11.8. The minimum atomic E-state index is -0.333. The minimum Gasteiger partial charge on any atom is -0.393 e. The van der Waals surface area contributed by atoms with Crippen LogP contribution in [0.2, 0.25) is 0 Å². The van der Waals surface area contributed by atoms with E-state index < -0.39 is 0 Å². The Hall–Kier alpha value is -0.930. The molecule has 1 unspecified atom stereocenters. The zero-order valence-corrected chi connectivity index (χ0v) is 11.8. The maximum Gasteiger partial charge on any atom is 0.127 e. The van der Waals surface area contributed by atoms with E-state index in [1.54, 1.807) is 12.1 Å². The van der Waals surface area contributed by atoms with Gasteiger partial charge in [-0.2, -0.15) is 0 Å². The first kappa shape index (κ1) is 15.1. The lowest BCUT2D eigenvalue weighted by molar-refractivity contribution is 0.0472. The van der Waals surface area contributed by atoms with Gasteiger partial charge in [-0.3, -0.25) is 0 Å². The molecule has 1 N–H and O–H groups in total. The quantitative estimate of drug-likeness (QED) is 0.872. The van der Waals surface area contributed by atoms with Crippen LogP contribution in [0.25, 0.3) is 0 Å². The Morgan fingerprint density at radius 2 is 1.89 bits per heavy atom. The molecule has 102 valence electrons. The van der Waals surface area contributed by atoms with Crippen molar-refractivity contribution in [2.45, 2.75) is 39.8 Å². The topological polar surface area (TPSA) is 23.5 Å². The maximum atomic E-state index is 13.5. The van der Waals surface area contributed by atoms with Gasteiger partial charge in [0.25, 0.3) is 0 Å². The maximum absolute atomic E-state index is 13.5. The van der Waals surface area contributed by atoms with E-state index in [1.807, 2.05) is 38.8 Å². The summed E-state index contributed by atoms with van der Waals surface area (Å²) in [6.45, 7) is 7.40. The highest BCUT2D eigenvalue weighted by atomic mass is 19.1. The van der Waals surface area contributed by atoms with Crippen molar-refractivity contribution < 1.29 is 9.50 Å². The Morgan fingerprint density at radius 1 is 1.28 bits per heavy atom. The third-order valence-corrected chi connectivity index (χ3v) is 3.18. The standard InChI is InChI=1S/C15H24FNO/c1-15(2,3)14(18)9-10-17(4)11-12-7-5-6-8-13(12)16/h5-8,14,18H,9-11H2,1-4H3. The fourth-order valence-electron chi connectivity index (χ4n) is 1.77. The molecule has 2 nitrogen and oxygen atoms in total. The number of hydrogen-bond donors (Lipinski definition) is 1. The van der Waals surface area contributed by atoms with Crippen molar-refractivity contribution in [3.05, 3.63) is 35.6 Å². The van der Waals surface area contributed by atoms with Crippen molar-refractivity contribution in [1.29, 1.82) is 0 Å². The van der Waals surface area contributed by atoms with Gasteiger partial charge in [0.15, 0.2) is 0 Å². The van der Waals surface area contributed by atoms with Gasteiger partial charge in [-0.15, -0.1) is 0 Å². The fraction of sp³-hybridized carbons (Fsp3) is 0.600. The van der Waals surface area contributed by atoms with Gasteiger partial charge in [-0.25, -0.2) is 4.39 Å². The van der Waals surface area contributed by atoms with Crippen LogP contribution in [-0.4, -0.2) is 29.7 Å². The molecule has 0 amide bonds. The van der Waals surface area contributed by atoms with E-state index in [1.165, 1.54) is 6.07 Å². The number of rotatable bonds is 5. The average Bonchev–Trinajstić information content (AvgIpc) is 2.27. The lowest BCUT2D eigenvalue weighted by Gasteiger charge is -2.27. The van der Waals surface area contributed by atoms with Gasteiger partial charge in [0.1, 0.15) is 5.82 Å². The summed E-state index contributed by atoms with van der Waals surface area (Å²) in [5.74, 6) is -0.166. The number of aliphatic hydroxyl groups excluding tert-OH is 1. The van der Waals surface area contributed by atoms with Crippen molar-refractivity contribution in [3.8, 4) is 0 Å². The van der Waals surface area contributed by atoms with Crippen LogP contribution in [0.5, 0.6) is 0 Å². The van der Waals surface area contributed by atoms with Crippen LogP contribution in [-0.2, 0) is 6.54 Å². The minimum absolute atomic E-state index is 0.0984. The molecule has 18 heavy (non-hydrogen) atoms. The van der Waals surface area contributed by atoms with Crippen LogP contribution in [0, 0.1) is 11.2 Å². The Balaban J connectivity index is 2.43. The van der Waals surface area contributed by atoms with Gasteiger partial charge >= 0.3 is 0 Å². The number of hydrogen-bond acceptors (Lipinski definition) is 2. The Kier molecular flexibility index (Phi) is 5.29. The molecule has 3 heteroatoms. The summed E-state index contributed by atoms with van der Waals surface area (Å²) >= 11 is 0. The highest BCUT2D eigenvalue weighted by molar-refractivity contribution is 5.16. The van der Waals surface area contributed by atoms with Crippen molar-refractivity contribution in [3.63, 3.8) is 0 Å². The molecule has 1 rings (SSSR count). The summed E-state index contributed by atoms with van der Waals surface area (Å²) in [6.07, 6.45) is 0.370. The Morgan fingerprint density at radius 3 is 2.44 bits per heavy atom. The summed E-state index contributed by atoms with van der Waals surface area (Å²) in [6, 6.07) is 6.82. The number of benzene rings is 1. The lowest BCUT2D eigenvalue weighted by atomic mass is 9.87. The van der Waals surface area contributed by atoms with Crippen LogP contribution in [0.1, 0.15) is 32.8 Å². The highest BCUT2D eigenvalue weighted by Crippen LogP contribution is 2.21. The van der Waals surface area contributed by atoms with Crippen LogP contribution in [0.3, 0.4) is 0 Å². The van der Waals surface area contributed by atoms with Gasteiger partial charge in [0.2, 0.25) is 0 Å². The number of halogens is 1. The highest BCUT2D eigenvalue weighted by Gasteiger charge is 2.22. The van der Waals surface area contributed by atoms with Crippen LogP contribution in [0.4, 0.5) is 4.39 Å². The van der Waals surface area contributed by atoms with Gasteiger partial charge in [0, 0.05) is 18.7 Å². The summed E-state index contributed by atoms with van der Waals surface area (Å²) < 4.78 is 13.5. The van der Waals surface area contributed by atoms with E-state index in [9.17, 15) is 9.50 Å². The zero-order chi connectivity index (χ0) is 13.8. The molecule has 0 aliphatic heterocycles. The normalized spacial score (nSPS) is 13.9. The molecule has 0 radical (unpaired) electrons. The summed E-state index contributed by atoms with van der Waals surface area (Å²) in [4.78, 5) is 2.04. The molecule has 0 aromatic heterocycles. The summed E-state index contributed by atoms with van der Waals surface area (Å²) in [7, 11) is 1.95. The molecule has 0 spiro atoms. The first-order valence-corrected chi connectivity index (χ1v) is 6.40. The van der Waals surface area contributed by atoms with Crippen molar-refractivity contribution in [1.82, 2.24) is 4.90 Å². The van der Waals surface area contributed by atoms with Gasteiger partial charge < -0.3 is 10.0 Å². The van der Waals surface area contributed by atoms with Gasteiger partial charge in [-0.05, 0) is 24.9 Å². The second-order valence-corrected chi connectivity index (χ2v) is 6.00. The SMILES string of the molecule is CN(CCC(O)C(C)(C)C)Cc1ccccc1F. The molecule has 0 aliphatic carbocycles. The van der Waals surface area contributed by atoms with Crippen molar-refractivity contribution in [2.24, 2.45) is 5.41 Å². The average molecular weight is 253 g/mol. The van der Waals surface area contributed by atoms with E-state index in [0.717, 1.165) is 6.54 Å². The molecule has 0 fully saturated rings. The van der Waals surface area contributed by atoms with Crippen molar-refractivity contribution >= 4 is 0 Å². The third-order valence-electron chi connectivity index (χ3n) is 3.18. The lowest BCUT2D eigenvalue weighted by Crippen LogP contribution is -2.31. The second kappa shape index (κ2) is 6.30. The molecular weight excluding hydrogens is 229 g/mol. The summed E-state index contributed by atoms with van der Waals surface area (Å²) in [5.41, 5.74) is 0.601. The van der Waals surface area contributed by atoms with Crippen molar-refractivity contribution in [2.75, 3.05) is 13.6 Å². The predicted octanol–water partition coefficient (Wildman–Crippen LogP) is 3.05. The fourth-order valence-corrected chi connectivity index (χ4v) is 1.77. The van der Waals surface area contributed by atoms with Gasteiger partial charge in [0.05, 0.1) is 6.10 Å². The smallest absolute Gasteiger partial charge is 0.127 e.